The molecular formula is C13H6N2O3. The van der Waals surface area contributed by atoms with E-state index in [0.717, 1.165) is 0 Å². The monoisotopic (exact) mass is 238 g/mol. The van der Waals surface area contributed by atoms with Crippen molar-refractivity contribution in [2.45, 2.75) is 0 Å². The van der Waals surface area contributed by atoms with Crippen molar-refractivity contribution in [1.82, 2.24) is 4.98 Å². The molecule has 2 rings (SSSR count). The first-order valence-electron chi connectivity index (χ1n) is 5.03. The molecule has 1 aromatic rings. The minimum Gasteiger partial charge on any atom is -0.276 e. The zero-order valence-electron chi connectivity index (χ0n) is 9.14. The van der Waals surface area contributed by atoms with Crippen LogP contribution in [0, 0.1) is 0 Å². The summed E-state index contributed by atoms with van der Waals surface area (Å²) < 4.78 is 0. The van der Waals surface area contributed by atoms with Crippen molar-refractivity contribution in [1.29, 1.82) is 0 Å². The van der Waals surface area contributed by atoms with E-state index in [0.29, 0.717) is 5.69 Å². The standard InChI is InChI=1S/C13H6N2O3/c16-6-9-5-15-13(11(8-18)10(9)7-17)12-3-1-2-4-14-12/h1-4H,5H2. The van der Waals surface area contributed by atoms with Crippen molar-refractivity contribution in [3.05, 3.63) is 46.8 Å². The van der Waals surface area contributed by atoms with Gasteiger partial charge in [-0.1, -0.05) is 6.07 Å². The molecule has 0 atom stereocenters. The summed E-state index contributed by atoms with van der Waals surface area (Å²) in [4.78, 5) is 40.5. The van der Waals surface area contributed by atoms with Crippen molar-refractivity contribution in [2.75, 3.05) is 6.54 Å². The quantitative estimate of drug-likeness (QED) is 0.653. The van der Waals surface area contributed by atoms with Gasteiger partial charge in [0.15, 0.2) is 0 Å². The van der Waals surface area contributed by atoms with Crippen molar-refractivity contribution in [3.8, 4) is 0 Å². The maximum absolute atomic E-state index is 11.0. The van der Waals surface area contributed by atoms with Crippen LogP contribution in [0.15, 0.2) is 46.1 Å². The number of allylic oxidation sites excluding steroid dienone is 1. The fourth-order valence-electron chi connectivity index (χ4n) is 1.59. The van der Waals surface area contributed by atoms with Gasteiger partial charge in [0.05, 0.1) is 23.4 Å². The molecule has 0 amide bonds. The second-order valence-corrected chi connectivity index (χ2v) is 3.41. The molecule has 5 heteroatoms. The Bertz CT molecular complexity index is 669. The molecule has 0 fully saturated rings. The van der Waals surface area contributed by atoms with Gasteiger partial charge in [0, 0.05) is 6.20 Å². The maximum Gasteiger partial charge on any atom is 0.136 e. The molecule has 0 N–H and O–H groups in total. The van der Waals surface area contributed by atoms with E-state index in [1.54, 1.807) is 36.0 Å². The van der Waals surface area contributed by atoms with Gasteiger partial charge >= 0.3 is 0 Å². The van der Waals surface area contributed by atoms with E-state index in [-0.39, 0.29) is 29.0 Å². The third-order valence-corrected chi connectivity index (χ3v) is 2.42. The number of carbonyl (C=O) groups excluding carboxylic acids is 3. The molecule has 1 aliphatic heterocycles. The summed E-state index contributed by atoms with van der Waals surface area (Å²) in [6.45, 7) is -0.0227. The summed E-state index contributed by atoms with van der Waals surface area (Å²) in [5, 5.41) is 0. The largest absolute Gasteiger partial charge is 0.276 e. The second-order valence-electron chi connectivity index (χ2n) is 3.41. The zero-order chi connectivity index (χ0) is 13.0. The number of nitrogens with zero attached hydrogens (tertiary/aromatic N) is 2. The molecule has 2 heterocycles. The van der Waals surface area contributed by atoms with Crippen LogP contribution in [0.4, 0.5) is 0 Å². The van der Waals surface area contributed by atoms with Gasteiger partial charge in [0.1, 0.15) is 29.1 Å². The van der Waals surface area contributed by atoms with Gasteiger partial charge < -0.3 is 0 Å². The number of hydrogen-bond acceptors (Lipinski definition) is 5. The van der Waals surface area contributed by atoms with Crippen LogP contribution >= 0.6 is 0 Å². The molecule has 1 aliphatic rings. The predicted octanol–water partition coefficient (Wildman–Crippen LogP) is 0.158. The topological polar surface area (TPSA) is 76.5 Å². The van der Waals surface area contributed by atoms with Gasteiger partial charge in [-0.15, -0.1) is 0 Å². The number of rotatable bonds is 1. The molecule has 1 aromatic heterocycles. The van der Waals surface area contributed by atoms with Gasteiger partial charge in [-0.3, -0.25) is 9.98 Å². The fraction of sp³-hybridized carbons (Fsp3) is 0.0769. The Hall–Kier alpha value is -2.83. The molecule has 0 aromatic carbocycles. The Morgan fingerprint density at radius 3 is 2.33 bits per heavy atom. The van der Waals surface area contributed by atoms with Crippen molar-refractivity contribution in [2.24, 2.45) is 4.99 Å². The van der Waals surface area contributed by atoms with Crippen LogP contribution in [0.25, 0.3) is 0 Å². The van der Waals surface area contributed by atoms with Crippen molar-refractivity contribution in [3.63, 3.8) is 0 Å². The van der Waals surface area contributed by atoms with Crippen LogP contribution in [0.5, 0.6) is 0 Å². The Morgan fingerprint density at radius 1 is 1.00 bits per heavy atom. The highest BCUT2D eigenvalue weighted by molar-refractivity contribution is 6.22. The lowest BCUT2D eigenvalue weighted by Gasteiger charge is -2.13. The van der Waals surface area contributed by atoms with Crippen LogP contribution in [0.2, 0.25) is 0 Å². The van der Waals surface area contributed by atoms with Gasteiger partial charge in [-0.25, -0.2) is 14.4 Å². The number of pyridine rings is 1. The van der Waals surface area contributed by atoms with Crippen molar-refractivity contribution < 1.29 is 14.4 Å². The molecule has 0 radical (unpaired) electrons. The normalized spacial score (nSPS) is 14.4. The third kappa shape index (κ3) is 1.88. The van der Waals surface area contributed by atoms with Gasteiger partial charge in [0.25, 0.3) is 0 Å². The van der Waals surface area contributed by atoms with Gasteiger partial charge in [-0.2, -0.15) is 0 Å². The summed E-state index contributed by atoms with van der Waals surface area (Å²) in [5.74, 6) is 4.76. The highest BCUT2D eigenvalue weighted by Crippen LogP contribution is 2.22. The van der Waals surface area contributed by atoms with Crippen LogP contribution in [-0.2, 0) is 14.4 Å². The predicted molar refractivity (Wildman–Crippen MR) is 63.3 cm³/mol. The minimum absolute atomic E-state index is 0.00281. The zero-order valence-corrected chi connectivity index (χ0v) is 9.14. The lowest BCUT2D eigenvalue weighted by atomic mass is 9.93. The first-order valence-corrected chi connectivity index (χ1v) is 5.03. The Morgan fingerprint density at radius 2 is 1.78 bits per heavy atom. The van der Waals surface area contributed by atoms with Gasteiger partial charge in [-0.05, 0) is 12.1 Å². The van der Waals surface area contributed by atoms with Crippen LogP contribution in [-0.4, -0.2) is 35.1 Å². The molecule has 18 heavy (non-hydrogen) atoms. The van der Waals surface area contributed by atoms with E-state index < -0.39 is 0 Å². The Labute approximate surface area is 102 Å². The number of aliphatic imine (C=N–C) groups is 1. The van der Waals surface area contributed by atoms with E-state index in [1.165, 1.54) is 6.20 Å². The highest BCUT2D eigenvalue weighted by atomic mass is 16.1. The average Bonchev–Trinajstić information content (AvgIpc) is 2.46. The van der Waals surface area contributed by atoms with Crippen LogP contribution in [0.3, 0.4) is 0 Å². The summed E-state index contributed by atoms with van der Waals surface area (Å²) in [5.41, 5.74) is 0.434. The summed E-state index contributed by atoms with van der Waals surface area (Å²) in [6, 6.07) is 5.08. The smallest absolute Gasteiger partial charge is 0.136 e. The molecule has 0 saturated carbocycles. The average molecular weight is 238 g/mol. The third-order valence-electron chi connectivity index (χ3n) is 2.42. The summed E-state index contributed by atoms with van der Waals surface area (Å²) >= 11 is 0. The fourth-order valence-corrected chi connectivity index (χ4v) is 1.59. The van der Waals surface area contributed by atoms with Crippen LogP contribution in [0.1, 0.15) is 5.69 Å². The SMILES string of the molecule is O=C=C1CN=C(c2ccccn2)C(=C=O)C1=C=O. The molecule has 0 aliphatic carbocycles. The molecule has 5 nitrogen and oxygen atoms in total. The Balaban J connectivity index is 2.65. The molecule has 0 bridgehead atoms. The van der Waals surface area contributed by atoms with E-state index in [1.807, 2.05) is 0 Å². The Kier molecular flexibility index (Phi) is 3.24. The van der Waals surface area contributed by atoms with E-state index in [9.17, 15) is 14.4 Å². The van der Waals surface area contributed by atoms with Crippen molar-refractivity contribution >= 4 is 23.5 Å². The maximum atomic E-state index is 11.0. The van der Waals surface area contributed by atoms with Gasteiger partial charge in [0.2, 0.25) is 0 Å². The first kappa shape index (κ1) is 11.6. The number of aromatic nitrogens is 1. The molecule has 0 saturated heterocycles. The van der Waals surface area contributed by atoms with E-state index >= 15 is 0 Å². The first-order chi connectivity index (χ1) is 8.81. The molecule has 86 valence electrons. The molecule has 0 unspecified atom stereocenters. The lowest BCUT2D eigenvalue weighted by Crippen LogP contribution is -2.18. The van der Waals surface area contributed by atoms with E-state index in [2.05, 4.69) is 9.98 Å². The molecule has 0 spiro atoms. The van der Waals surface area contributed by atoms with Crippen LogP contribution < -0.4 is 0 Å². The van der Waals surface area contributed by atoms with E-state index in [4.69, 9.17) is 0 Å². The number of hydrogen-bond donors (Lipinski definition) is 0. The molecular weight excluding hydrogens is 232 g/mol. The summed E-state index contributed by atoms with van der Waals surface area (Å²) in [6.07, 6.45) is 1.54. The second kappa shape index (κ2) is 5.00. The summed E-state index contributed by atoms with van der Waals surface area (Å²) in [7, 11) is 0. The highest BCUT2D eigenvalue weighted by Gasteiger charge is 2.26. The minimum atomic E-state index is -0.143. The lowest BCUT2D eigenvalue weighted by molar-refractivity contribution is 0.562.